The molecule has 1 aromatic carbocycles. The van der Waals surface area contributed by atoms with E-state index in [2.05, 4.69) is 27.1 Å². The highest BCUT2D eigenvalue weighted by atomic mass is 32.1. The van der Waals surface area contributed by atoms with Crippen LogP contribution in [0.5, 0.6) is 0 Å². The van der Waals surface area contributed by atoms with E-state index in [0.29, 0.717) is 11.3 Å². The Morgan fingerprint density at radius 3 is 2.70 bits per heavy atom. The van der Waals surface area contributed by atoms with Crippen molar-refractivity contribution in [2.45, 2.75) is 6.92 Å². The minimum absolute atomic E-state index is 0.144. The monoisotopic (exact) mass is 285 g/mol. The molecule has 0 saturated heterocycles. The van der Waals surface area contributed by atoms with Crippen LogP contribution in [-0.2, 0) is 17.2 Å². The maximum atomic E-state index is 11.4. The molecular formula is C14H11N3O2S. The fraction of sp³-hybridized carbons (Fsp3) is 0.0714. The number of anilines is 1. The lowest BCUT2D eigenvalue weighted by molar-refractivity contribution is -0.114. The number of nitrogens with one attached hydrogen (secondary N) is 1. The van der Waals surface area contributed by atoms with E-state index in [4.69, 9.17) is 0 Å². The van der Waals surface area contributed by atoms with Gasteiger partial charge in [-0.1, -0.05) is 12.1 Å². The lowest BCUT2D eigenvalue weighted by Gasteiger charge is -2.06. The molecule has 20 heavy (non-hydrogen) atoms. The largest absolute Gasteiger partial charge is 0.326 e. The Kier molecular flexibility index (Phi) is 4.27. The minimum atomic E-state index is -0.493. The third kappa shape index (κ3) is 3.30. The topological polar surface area (TPSA) is 71.4 Å². The predicted molar refractivity (Wildman–Crippen MR) is 78.1 cm³/mol. The van der Waals surface area contributed by atoms with Crippen LogP contribution in [0.15, 0.2) is 47.1 Å². The van der Waals surface area contributed by atoms with Crippen molar-refractivity contribution in [3.8, 4) is 11.1 Å². The second-order valence-electron chi connectivity index (χ2n) is 4.12. The first kappa shape index (κ1) is 14.0. The van der Waals surface area contributed by atoms with Gasteiger partial charge in [0.25, 0.3) is 5.91 Å². The average Bonchev–Trinajstić information content (AvgIpc) is 2.46. The zero-order chi connectivity index (χ0) is 14.5. The van der Waals surface area contributed by atoms with Crippen LogP contribution >= 0.6 is 0 Å². The smallest absolute Gasteiger partial charge is 0.289 e. The quantitative estimate of drug-likeness (QED) is 0.940. The third-order valence-corrected chi connectivity index (χ3v) is 2.75. The van der Waals surface area contributed by atoms with Crippen molar-refractivity contribution in [1.82, 2.24) is 4.98 Å². The Labute approximate surface area is 121 Å². The van der Waals surface area contributed by atoms with Gasteiger partial charge in [0.2, 0.25) is 5.91 Å². The Hall–Kier alpha value is -2.47. The van der Waals surface area contributed by atoms with E-state index in [1.165, 1.54) is 13.1 Å². The lowest BCUT2D eigenvalue weighted by atomic mass is 10.1. The van der Waals surface area contributed by atoms with Crippen LogP contribution in [0, 0.1) is 0 Å². The van der Waals surface area contributed by atoms with E-state index < -0.39 is 5.91 Å². The van der Waals surface area contributed by atoms with E-state index in [9.17, 15) is 9.59 Å². The Morgan fingerprint density at radius 2 is 2.00 bits per heavy atom. The summed E-state index contributed by atoms with van der Waals surface area (Å²) in [5, 5.41) is 2.70. The van der Waals surface area contributed by atoms with Crippen LogP contribution in [0.3, 0.4) is 0 Å². The number of carbonyl (C=O) groups is 2. The average molecular weight is 285 g/mol. The van der Waals surface area contributed by atoms with E-state index in [0.717, 1.165) is 11.1 Å². The molecule has 5 nitrogen and oxygen atoms in total. The van der Waals surface area contributed by atoms with Crippen molar-refractivity contribution in [2.75, 3.05) is 5.32 Å². The number of nitrogens with zero attached hydrogens (tertiary/aromatic N) is 2. The third-order valence-electron chi connectivity index (χ3n) is 2.58. The number of amides is 2. The van der Waals surface area contributed by atoms with Gasteiger partial charge in [0, 0.05) is 43.0 Å². The van der Waals surface area contributed by atoms with Crippen molar-refractivity contribution in [1.29, 1.82) is 0 Å². The van der Waals surface area contributed by atoms with Crippen LogP contribution in [-0.4, -0.2) is 16.8 Å². The fourth-order valence-electron chi connectivity index (χ4n) is 1.75. The number of rotatable bonds is 3. The van der Waals surface area contributed by atoms with Gasteiger partial charge in [-0.3, -0.25) is 14.6 Å². The van der Waals surface area contributed by atoms with Gasteiger partial charge in [0.1, 0.15) is 0 Å². The van der Waals surface area contributed by atoms with Gasteiger partial charge in [-0.2, -0.15) is 0 Å². The summed E-state index contributed by atoms with van der Waals surface area (Å²) in [6.07, 6.45) is 3.05. The number of benzene rings is 1. The molecule has 0 aliphatic rings. The Balaban J connectivity index is 2.38. The summed E-state index contributed by atoms with van der Waals surface area (Å²) in [7, 11) is 0. The first-order valence-electron chi connectivity index (χ1n) is 5.81. The number of hydrogen-bond donors (Lipinski definition) is 1. The van der Waals surface area contributed by atoms with Gasteiger partial charge in [-0.25, -0.2) is 0 Å². The highest BCUT2D eigenvalue weighted by Crippen LogP contribution is 2.23. The highest BCUT2D eigenvalue weighted by molar-refractivity contribution is 7.47. The predicted octanol–water partition coefficient (Wildman–Crippen LogP) is 2.58. The van der Waals surface area contributed by atoms with Crippen molar-refractivity contribution in [3.05, 3.63) is 48.3 Å². The lowest BCUT2D eigenvalue weighted by Crippen LogP contribution is -2.05. The van der Waals surface area contributed by atoms with Crippen LogP contribution in [0.1, 0.15) is 17.3 Å². The first-order valence-corrected chi connectivity index (χ1v) is 6.17. The molecule has 0 atom stereocenters. The maximum Gasteiger partial charge on any atom is 0.289 e. The molecule has 100 valence electrons. The van der Waals surface area contributed by atoms with E-state index in [1.54, 1.807) is 24.4 Å². The minimum Gasteiger partial charge on any atom is -0.326 e. The summed E-state index contributed by atoms with van der Waals surface area (Å²) in [5.41, 5.74) is 2.60. The molecule has 0 aliphatic heterocycles. The van der Waals surface area contributed by atoms with Gasteiger partial charge >= 0.3 is 0 Å². The summed E-state index contributed by atoms with van der Waals surface area (Å²) < 4.78 is 3.20. The Morgan fingerprint density at radius 1 is 1.20 bits per heavy atom. The van der Waals surface area contributed by atoms with Crippen LogP contribution in [0.25, 0.3) is 11.1 Å². The summed E-state index contributed by atoms with van der Waals surface area (Å²) in [4.78, 5) is 26.5. The van der Waals surface area contributed by atoms with E-state index in [-0.39, 0.29) is 5.91 Å². The maximum absolute atomic E-state index is 11.4. The first-order chi connectivity index (χ1) is 9.60. The molecule has 0 unspecified atom stereocenters. The van der Waals surface area contributed by atoms with Gasteiger partial charge in [-0.05, 0) is 23.8 Å². The van der Waals surface area contributed by atoms with Crippen molar-refractivity contribution < 1.29 is 9.59 Å². The fourth-order valence-corrected chi connectivity index (χ4v) is 1.85. The second-order valence-corrected chi connectivity index (χ2v) is 4.30. The molecule has 1 N–H and O–H groups in total. The number of carbonyl (C=O) groups excluding carboxylic acids is 2. The van der Waals surface area contributed by atoms with Crippen molar-refractivity contribution in [2.24, 2.45) is 4.36 Å². The number of hydrogen-bond acceptors (Lipinski definition) is 4. The molecule has 0 bridgehead atoms. The highest BCUT2D eigenvalue weighted by Gasteiger charge is 2.07. The molecule has 1 aromatic heterocycles. The summed E-state index contributed by atoms with van der Waals surface area (Å²) >= 11 is 4.39. The Bertz CT molecular complexity index is 686. The molecule has 1 heterocycles. The summed E-state index contributed by atoms with van der Waals surface area (Å²) in [6.45, 7) is 1.44. The van der Waals surface area contributed by atoms with E-state index in [1.807, 2.05) is 12.1 Å². The molecule has 0 aliphatic carbocycles. The summed E-state index contributed by atoms with van der Waals surface area (Å²) in [6, 6.07) is 8.93. The molecule has 0 radical (unpaired) electrons. The second kappa shape index (κ2) is 6.12. The zero-order valence-electron chi connectivity index (χ0n) is 10.7. The normalized spacial score (nSPS) is 9.85. The van der Waals surface area contributed by atoms with Crippen LogP contribution < -0.4 is 5.32 Å². The van der Waals surface area contributed by atoms with Crippen LogP contribution in [0.2, 0.25) is 0 Å². The van der Waals surface area contributed by atoms with Gasteiger partial charge in [0.15, 0.2) is 0 Å². The molecule has 0 saturated carbocycles. The molecule has 2 rings (SSSR count). The number of aromatic nitrogens is 1. The molecule has 0 spiro atoms. The van der Waals surface area contributed by atoms with Gasteiger partial charge in [-0.15, -0.1) is 4.36 Å². The van der Waals surface area contributed by atoms with Gasteiger partial charge in [0.05, 0.1) is 5.56 Å². The van der Waals surface area contributed by atoms with E-state index >= 15 is 0 Å². The van der Waals surface area contributed by atoms with Gasteiger partial charge < -0.3 is 5.32 Å². The summed E-state index contributed by atoms with van der Waals surface area (Å²) in [5.74, 6) is -0.638. The SMILES string of the molecule is CC(=O)Nc1cccc(-c2cncc(C(=O)N=S)c2)c1. The van der Waals surface area contributed by atoms with Crippen molar-refractivity contribution in [3.63, 3.8) is 0 Å². The zero-order valence-corrected chi connectivity index (χ0v) is 11.5. The molecule has 0 fully saturated rings. The molecular weight excluding hydrogens is 274 g/mol. The van der Waals surface area contributed by atoms with Crippen LogP contribution in [0.4, 0.5) is 5.69 Å². The molecule has 2 amide bonds. The number of pyridine rings is 1. The molecule has 6 heteroatoms. The standard InChI is InChI=1S/C14H11N3O2S/c1-9(18)16-13-4-2-3-10(6-13)11-5-12(8-15-7-11)14(19)17-20/h2-8H,1H3,(H,16,18). The molecule has 2 aromatic rings. The van der Waals surface area contributed by atoms with Crippen molar-refractivity contribution >= 4 is 29.9 Å².